The number of fused-ring (bicyclic) bond motifs is 3. The summed E-state index contributed by atoms with van der Waals surface area (Å²) in [7, 11) is 0. The maximum atomic E-state index is 12.9. The Labute approximate surface area is 137 Å². The Bertz CT molecular complexity index is 910. The molecule has 112 valence electrons. The van der Waals surface area contributed by atoms with Gasteiger partial charge in [0.05, 0.1) is 17.2 Å². The molecular weight excluding hydrogens is 340 g/mol. The molecule has 0 bridgehead atoms. The summed E-state index contributed by atoms with van der Waals surface area (Å²) >= 11 is 3.60. The molecule has 0 amide bonds. The molecule has 0 spiro atoms. The molecule has 22 heavy (non-hydrogen) atoms. The predicted octanol–water partition coefficient (Wildman–Crippen LogP) is 4.82. The summed E-state index contributed by atoms with van der Waals surface area (Å²) in [6, 6.07) is 10.3. The first-order valence-electron chi connectivity index (χ1n) is 7.84. The normalized spacial score (nSPS) is 16.4. The summed E-state index contributed by atoms with van der Waals surface area (Å²) in [5, 5.41) is 2.83. The van der Waals surface area contributed by atoms with Crippen molar-refractivity contribution < 1.29 is 0 Å². The van der Waals surface area contributed by atoms with E-state index in [-0.39, 0.29) is 5.56 Å². The first-order chi connectivity index (χ1) is 10.8. The number of benzene rings is 2. The first kappa shape index (κ1) is 13.9. The molecule has 3 aromatic rings. The Kier molecular flexibility index (Phi) is 3.49. The van der Waals surface area contributed by atoms with E-state index < -0.39 is 0 Å². The second kappa shape index (κ2) is 5.51. The van der Waals surface area contributed by atoms with Gasteiger partial charge in [-0.05, 0) is 24.3 Å². The van der Waals surface area contributed by atoms with Crippen LogP contribution in [0.3, 0.4) is 0 Å². The average Bonchev–Trinajstić information content (AvgIpc) is 2.57. The van der Waals surface area contributed by atoms with Gasteiger partial charge in [0.2, 0.25) is 0 Å². The molecule has 0 N–H and O–H groups in total. The van der Waals surface area contributed by atoms with Crippen molar-refractivity contribution in [3.8, 4) is 0 Å². The van der Waals surface area contributed by atoms with Gasteiger partial charge in [-0.1, -0.05) is 59.5 Å². The molecule has 1 aromatic heterocycles. The van der Waals surface area contributed by atoms with Gasteiger partial charge >= 0.3 is 0 Å². The lowest BCUT2D eigenvalue weighted by molar-refractivity contribution is 0.345. The Hall–Kier alpha value is -1.68. The second-order valence-corrected chi connectivity index (χ2v) is 6.90. The zero-order valence-corrected chi connectivity index (χ0v) is 13.8. The van der Waals surface area contributed by atoms with Crippen LogP contribution in [0.15, 0.2) is 45.9 Å². The highest BCUT2D eigenvalue weighted by molar-refractivity contribution is 9.10. The predicted molar refractivity (Wildman–Crippen MR) is 93.3 cm³/mol. The van der Waals surface area contributed by atoms with E-state index in [0.29, 0.717) is 11.4 Å². The van der Waals surface area contributed by atoms with Crippen LogP contribution >= 0.6 is 15.9 Å². The quantitative estimate of drug-likeness (QED) is 0.586. The summed E-state index contributed by atoms with van der Waals surface area (Å²) in [6.45, 7) is 0. The standard InChI is InChI=1S/C18H17BrN2O/c19-16-10-15-17(14-9-5-4-8-13(14)16)20-11-21(18(15)22)12-6-2-1-3-7-12/h4-5,8-12H,1-3,6-7H2. The monoisotopic (exact) mass is 356 g/mol. The van der Waals surface area contributed by atoms with Gasteiger partial charge in [0.25, 0.3) is 5.56 Å². The highest BCUT2D eigenvalue weighted by Crippen LogP contribution is 2.31. The van der Waals surface area contributed by atoms with Crippen molar-refractivity contribution in [1.29, 1.82) is 0 Å². The molecule has 0 aliphatic heterocycles. The summed E-state index contributed by atoms with van der Waals surface area (Å²) in [4.78, 5) is 17.6. The molecule has 0 saturated heterocycles. The molecular formula is C18H17BrN2O. The van der Waals surface area contributed by atoms with Crippen molar-refractivity contribution >= 4 is 37.6 Å². The maximum Gasteiger partial charge on any atom is 0.261 e. The van der Waals surface area contributed by atoms with Crippen molar-refractivity contribution in [3.05, 3.63) is 51.5 Å². The minimum Gasteiger partial charge on any atom is -0.296 e. The number of nitrogens with zero attached hydrogens (tertiary/aromatic N) is 2. The third-order valence-corrected chi connectivity index (χ3v) is 5.37. The molecule has 2 aromatic carbocycles. The van der Waals surface area contributed by atoms with Gasteiger partial charge in [-0.2, -0.15) is 0 Å². The molecule has 0 unspecified atom stereocenters. The van der Waals surface area contributed by atoms with Crippen LogP contribution in [0.4, 0.5) is 0 Å². The molecule has 0 atom stereocenters. The molecule has 1 fully saturated rings. The van der Waals surface area contributed by atoms with Gasteiger partial charge in [-0.15, -0.1) is 0 Å². The Morgan fingerprint density at radius 1 is 1.05 bits per heavy atom. The van der Waals surface area contributed by atoms with Crippen LogP contribution in [-0.2, 0) is 0 Å². The third kappa shape index (κ3) is 2.17. The number of rotatable bonds is 1. The zero-order chi connectivity index (χ0) is 15.1. The van der Waals surface area contributed by atoms with Gasteiger partial charge in [0.15, 0.2) is 0 Å². The van der Waals surface area contributed by atoms with E-state index in [1.165, 1.54) is 19.3 Å². The zero-order valence-electron chi connectivity index (χ0n) is 12.3. The summed E-state index contributed by atoms with van der Waals surface area (Å²) in [6.07, 6.45) is 7.61. The van der Waals surface area contributed by atoms with Gasteiger partial charge in [0.1, 0.15) is 0 Å². The van der Waals surface area contributed by atoms with Crippen molar-refractivity contribution in [3.63, 3.8) is 0 Å². The van der Waals surface area contributed by atoms with E-state index in [4.69, 9.17) is 0 Å². The Morgan fingerprint density at radius 2 is 1.77 bits per heavy atom. The number of hydrogen-bond donors (Lipinski definition) is 0. The van der Waals surface area contributed by atoms with Crippen molar-refractivity contribution in [2.45, 2.75) is 38.1 Å². The topological polar surface area (TPSA) is 34.9 Å². The van der Waals surface area contributed by atoms with E-state index in [2.05, 4.69) is 20.9 Å². The van der Waals surface area contributed by atoms with Crippen LogP contribution in [0.5, 0.6) is 0 Å². The van der Waals surface area contributed by atoms with Gasteiger partial charge < -0.3 is 0 Å². The fourth-order valence-corrected chi connectivity index (χ4v) is 4.12. The molecule has 4 heteroatoms. The van der Waals surface area contributed by atoms with Crippen LogP contribution in [-0.4, -0.2) is 9.55 Å². The summed E-state index contributed by atoms with van der Waals surface area (Å²) in [5.74, 6) is 0. The highest BCUT2D eigenvalue weighted by atomic mass is 79.9. The van der Waals surface area contributed by atoms with Gasteiger partial charge in [0, 0.05) is 15.9 Å². The lowest BCUT2D eigenvalue weighted by atomic mass is 9.95. The SMILES string of the molecule is O=c1c2cc(Br)c3ccccc3c2ncn1C1CCCCC1. The number of aromatic nitrogens is 2. The fraction of sp³-hybridized carbons (Fsp3) is 0.333. The van der Waals surface area contributed by atoms with Crippen LogP contribution in [0, 0.1) is 0 Å². The molecule has 3 nitrogen and oxygen atoms in total. The molecule has 0 radical (unpaired) electrons. The van der Waals surface area contributed by atoms with E-state index in [1.54, 1.807) is 6.33 Å². The van der Waals surface area contributed by atoms with Crippen LogP contribution in [0.1, 0.15) is 38.1 Å². The van der Waals surface area contributed by atoms with Crippen LogP contribution in [0.25, 0.3) is 21.7 Å². The Morgan fingerprint density at radius 3 is 2.55 bits per heavy atom. The molecule has 1 aliphatic rings. The molecule has 4 rings (SSSR count). The lowest BCUT2D eigenvalue weighted by Crippen LogP contribution is -2.26. The average molecular weight is 357 g/mol. The first-order valence-corrected chi connectivity index (χ1v) is 8.63. The Balaban J connectivity index is 1.99. The maximum absolute atomic E-state index is 12.9. The molecule has 1 heterocycles. The van der Waals surface area contributed by atoms with Crippen LogP contribution in [0.2, 0.25) is 0 Å². The smallest absolute Gasteiger partial charge is 0.261 e. The number of halogens is 1. The van der Waals surface area contributed by atoms with Gasteiger partial charge in [-0.25, -0.2) is 4.98 Å². The van der Waals surface area contributed by atoms with E-state index in [1.807, 2.05) is 34.9 Å². The minimum absolute atomic E-state index is 0.0864. The van der Waals surface area contributed by atoms with E-state index in [0.717, 1.165) is 33.6 Å². The lowest BCUT2D eigenvalue weighted by Gasteiger charge is -2.23. The fourth-order valence-electron chi connectivity index (χ4n) is 3.55. The van der Waals surface area contributed by atoms with Gasteiger partial charge in [-0.3, -0.25) is 9.36 Å². The summed E-state index contributed by atoms with van der Waals surface area (Å²) in [5.41, 5.74) is 0.888. The van der Waals surface area contributed by atoms with Crippen molar-refractivity contribution in [2.24, 2.45) is 0 Å². The van der Waals surface area contributed by atoms with Crippen molar-refractivity contribution in [2.75, 3.05) is 0 Å². The van der Waals surface area contributed by atoms with Crippen molar-refractivity contribution in [1.82, 2.24) is 9.55 Å². The second-order valence-electron chi connectivity index (χ2n) is 6.05. The van der Waals surface area contributed by atoms with E-state index in [9.17, 15) is 4.79 Å². The third-order valence-electron chi connectivity index (χ3n) is 4.71. The van der Waals surface area contributed by atoms with Crippen LogP contribution < -0.4 is 5.56 Å². The number of hydrogen-bond acceptors (Lipinski definition) is 2. The molecule has 1 saturated carbocycles. The largest absolute Gasteiger partial charge is 0.296 e. The highest BCUT2D eigenvalue weighted by Gasteiger charge is 2.18. The minimum atomic E-state index is 0.0864. The van der Waals surface area contributed by atoms with E-state index >= 15 is 0 Å². The molecule has 1 aliphatic carbocycles. The summed E-state index contributed by atoms with van der Waals surface area (Å²) < 4.78 is 2.80.